The van der Waals surface area contributed by atoms with Crippen molar-refractivity contribution < 1.29 is 4.74 Å². The highest BCUT2D eigenvalue weighted by atomic mass is 35.5. The van der Waals surface area contributed by atoms with E-state index in [9.17, 15) is 0 Å². The second-order valence-corrected chi connectivity index (χ2v) is 7.96. The van der Waals surface area contributed by atoms with E-state index in [2.05, 4.69) is 21.4 Å². The highest BCUT2D eigenvalue weighted by Gasteiger charge is 2.14. The molecule has 2 aromatic carbocycles. The summed E-state index contributed by atoms with van der Waals surface area (Å²) in [5.41, 5.74) is 2.11. The van der Waals surface area contributed by atoms with Gasteiger partial charge in [0, 0.05) is 23.0 Å². The second kappa shape index (κ2) is 9.24. The zero-order valence-corrected chi connectivity index (χ0v) is 16.8. The van der Waals surface area contributed by atoms with Crippen LogP contribution in [-0.2, 0) is 6.42 Å². The van der Waals surface area contributed by atoms with Crippen LogP contribution < -0.4 is 10.1 Å². The monoisotopic (exact) mass is 395 g/mol. The number of nitrogens with one attached hydrogen (secondary N) is 1. The molecule has 1 aromatic heterocycles. The molecule has 1 N–H and O–H groups in total. The third-order valence-electron chi connectivity index (χ3n) is 5.41. The average molecular weight is 396 g/mol. The van der Waals surface area contributed by atoms with E-state index in [0.29, 0.717) is 5.92 Å². The molecule has 4 nitrogen and oxygen atoms in total. The Morgan fingerprint density at radius 3 is 2.79 bits per heavy atom. The lowest BCUT2D eigenvalue weighted by Gasteiger charge is -2.21. The predicted octanol–water partition coefficient (Wildman–Crippen LogP) is 5.90. The van der Waals surface area contributed by atoms with E-state index in [4.69, 9.17) is 16.3 Å². The predicted molar refractivity (Wildman–Crippen MR) is 115 cm³/mol. The first-order chi connectivity index (χ1) is 13.8. The number of hydrogen-bond acceptors (Lipinski definition) is 4. The zero-order valence-electron chi connectivity index (χ0n) is 16.0. The van der Waals surface area contributed by atoms with Gasteiger partial charge in [-0.15, -0.1) is 0 Å². The molecule has 1 aliphatic carbocycles. The summed E-state index contributed by atoms with van der Waals surface area (Å²) in [4.78, 5) is 8.84. The fourth-order valence-electron chi connectivity index (χ4n) is 3.85. The van der Waals surface area contributed by atoms with Crippen molar-refractivity contribution in [3.8, 4) is 5.75 Å². The van der Waals surface area contributed by atoms with Crippen LogP contribution >= 0.6 is 11.6 Å². The summed E-state index contributed by atoms with van der Waals surface area (Å²) in [5.74, 6) is 2.44. The van der Waals surface area contributed by atoms with Crippen LogP contribution in [0, 0.1) is 5.92 Å². The Bertz CT molecular complexity index is 925. The molecule has 0 saturated heterocycles. The fourth-order valence-corrected chi connectivity index (χ4v) is 4.07. The summed E-state index contributed by atoms with van der Waals surface area (Å²) < 4.78 is 6.05. The van der Waals surface area contributed by atoms with Crippen LogP contribution in [0.3, 0.4) is 0 Å². The standard InChI is InChI=1S/C23H26ClN3O/c24-19-8-4-7-17(13-19)11-12-25-23-21-10-9-20(14-22(21)26-16-27-23)28-15-18-5-2-1-3-6-18/h4,7-10,13-14,16,18H,1-3,5-6,11-12,15H2,(H,25,26,27). The molecule has 0 aliphatic heterocycles. The Labute approximate surface area is 171 Å². The maximum atomic E-state index is 6.06. The van der Waals surface area contributed by atoms with Crippen LogP contribution in [0.1, 0.15) is 37.7 Å². The molecule has 0 bridgehead atoms. The Balaban J connectivity index is 1.38. The smallest absolute Gasteiger partial charge is 0.137 e. The molecule has 5 heteroatoms. The lowest BCUT2D eigenvalue weighted by molar-refractivity contribution is 0.209. The third-order valence-corrected chi connectivity index (χ3v) is 5.65. The fraction of sp³-hybridized carbons (Fsp3) is 0.391. The molecule has 146 valence electrons. The van der Waals surface area contributed by atoms with Crippen molar-refractivity contribution in [3.63, 3.8) is 0 Å². The van der Waals surface area contributed by atoms with Crippen molar-refractivity contribution in [1.29, 1.82) is 0 Å². The molecule has 0 amide bonds. The van der Waals surface area contributed by atoms with Gasteiger partial charge in [0.15, 0.2) is 0 Å². The Morgan fingerprint density at radius 1 is 1.04 bits per heavy atom. The largest absolute Gasteiger partial charge is 0.493 e. The van der Waals surface area contributed by atoms with Crippen molar-refractivity contribution in [3.05, 3.63) is 59.4 Å². The molecule has 28 heavy (non-hydrogen) atoms. The summed E-state index contributed by atoms with van der Waals surface area (Å²) in [5, 5.41) is 5.21. The van der Waals surface area contributed by atoms with Gasteiger partial charge in [-0.25, -0.2) is 9.97 Å². The Morgan fingerprint density at radius 2 is 1.93 bits per heavy atom. The summed E-state index contributed by atoms with van der Waals surface area (Å²) >= 11 is 6.06. The number of nitrogens with zero attached hydrogens (tertiary/aromatic N) is 2. The summed E-state index contributed by atoms with van der Waals surface area (Å²) in [6.45, 7) is 1.59. The number of fused-ring (bicyclic) bond motifs is 1. The molecule has 1 heterocycles. The zero-order chi connectivity index (χ0) is 19.2. The van der Waals surface area contributed by atoms with Gasteiger partial charge in [0.2, 0.25) is 0 Å². The van der Waals surface area contributed by atoms with Crippen LogP contribution in [-0.4, -0.2) is 23.1 Å². The van der Waals surface area contributed by atoms with Crippen LogP contribution in [0.15, 0.2) is 48.8 Å². The van der Waals surface area contributed by atoms with Crippen molar-refractivity contribution in [2.24, 2.45) is 5.92 Å². The summed E-state index contributed by atoms with van der Waals surface area (Å²) in [6.07, 6.45) is 9.11. The quantitative estimate of drug-likeness (QED) is 0.541. The van der Waals surface area contributed by atoms with Gasteiger partial charge in [0.1, 0.15) is 17.9 Å². The molecule has 3 aromatic rings. The first kappa shape index (κ1) is 19.0. The minimum atomic E-state index is 0.693. The molecule has 0 unspecified atom stereocenters. The van der Waals surface area contributed by atoms with Crippen molar-refractivity contribution in [2.45, 2.75) is 38.5 Å². The van der Waals surface area contributed by atoms with Gasteiger partial charge < -0.3 is 10.1 Å². The van der Waals surface area contributed by atoms with Gasteiger partial charge in [0.25, 0.3) is 0 Å². The van der Waals surface area contributed by atoms with E-state index in [-0.39, 0.29) is 0 Å². The van der Waals surface area contributed by atoms with E-state index in [0.717, 1.165) is 47.1 Å². The van der Waals surface area contributed by atoms with Crippen LogP contribution in [0.25, 0.3) is 10.9 Å². The Kier molecular flexibility index (Phi) is 6.27. The minimum absolute atomic E-state index is 0.693. The van der Waals surface area contributed by atoms with Crippen molar-refractivity contribution in [2.75, 3.05) is 18.5 Å². The van der Waals surface area contributed by atoms with Gasteiger partial charge in [0.05, 0.1) is 12.1 Å². The number of rotatable bonds is 7. The van der Waals surface area contributed by atoms with E-state index < -0.39 is 0 Å². The number of hydrogen-bond donors (Lipinski definition) is 1. The lowest BCUT2D eigenvalue weighted by Crippen LogP contribution is -2.15. The molecule has 1 fully saturated rings. The molecule has 0 radical (unpaired) electrons. The van der Waals surface area contributed by atoms with Gasteiger partial charge in [-0.1, -0.05) is 43.0 Å². The molecular weight excluding hydrogens is 370 g/mol. The lowest BCUT2D eigenvalue weighted by atomic mass is 9.90. The summed E-state index contributed by atoms with van der Waals surface area (Å²) in [7, 11) is 0. The summed E-state index contributed by atoms with van der Waals surface area (Å²) in [6, 6.07) is 14.0. The number of halogens is 1. The van der Waals surface area contributed by atoms with Gasteiger partial charge >= 0.3 is 0 Å². The maximum absolute atomic E-state index is 6.06. The normalized spacial score (nSPS) is 14.9. The first-order valence-corrected chi connectivity index (χ1v) is 10.5. The topological polar surface area (TPSA) is 47.0 Å². The first-order valence-electron chi connectivity index (χ1n) is 10.1. The van der Waals surface area contributed by atoms with Crippen molar-refractivity contribution >= 4 is 28.3 Å². The van der Waals surface area contributed by atoms with Crippen LogP contribution in [0.2, 0.25) is 5.02 Å². The molecule has 0 atom stereocenters. The average Bonchev–Trinajstić information content (AvgIpc) is 2.73. The molecule has 4 rings (SSSR count). The van der Waals surface area contributed by atoms with E-state index in [1.165, 1.54) is 37.7 Å². The van der Waals surface area contributed by atoms with Crippen molar-refractivity contribution in [1.82, 2.24) is 9.97 Å². The SMILES string of the molecule is Clc1cccc(CCNc2ncnc3cc(OCC4CCCCC4)ccc23)c1. The maximum Gasteiger partial charge on any atom is 0.137 e. The number of benzene rings is 2. The minimum Gasteiger partial charge on any atom is -0.493 e. The van der Waals surface area contributed by atoms with Crippen LogP contribution in [0.4, 0.5) is 5.82 Å². The highest BCUT2D eigenvalue weighted by Crippen LogP contribution is 2.27. The van der Waals surface area contributed by atoms with Gasteiger partial charge in [-0.2, -0.15) is 0 Å². The third kappa shape index (κ3) is 4.93. The Hall–Kier alpha value is -2.33. The van der Waals surface area contributed by atoms with Gasteiger partial charge in [-0.3, -0.25) is 0 Å². The van der Waals surface area contributed by atoms with E-state index >= 15 is 0 Å². The van der Waals surface area contributed by atoms with E-state index in [1.54, 1.807) is 6.33 Å². The molecule has 0 spiro atoms. The molecule has 1 saturated carbocycles. The molecule has 1 aliphatic rings. The number of aromatic nitrogens is 2. The van der Waals surface area contributed by atoms with Gasteiger partial charge in [-0.05, 0) is 55.0 Å². The van der Waals surface area contributed by atoms with E-state index in [1.807, 2.05) is 36.4 Å². The second-order valence-electron chi connectivity index (χ2n) is 7.52. The number of ether oxygens (including phenoxy) is 1. The molecular formula is C23H26ClN3O. The van der Waals surface area contributed by atoms with Crippen LogP contribution in [0.5, 0.6) is 5.75 Å². The highest BCUT2D eigenvalue weighted by molar-refractivity contribution is 6.30. The number of anilines is 1.